The van der Waals surface area contributed by atoms with Gasteiger partial charge in [0.2, 0.25) is 0 Å². The third-order valence-electron chi connectivity index (χ3n) is 5.21. The summed E-state index contributed by atoms with van der Waals surface area (Å²) in [5.41, 5.74) is 1.15. The molecule has 6 heteroatoms. The minimum atomic E-state index is 0.173. The highest BCUT2D eigenvalue weighted by atomic mass is 35.5. The van der Waals surface area contributed by atoms with Crippen molar-refractivity contribution in [1.82, 2.24) is 15.5 Å². The van der Waals surface area contributed by atoms with E-state index in [0.29, 0.717) is 12.6 Å². The highest BCUT2D eigenvalue weighted by Crippen LogP contribution is 2.28. The summed E-state index contributed by atoms with van der Waals surface area (Å²) in [6.45, 7) is 7.03. The van der Waals surface area contributed by atoms with Crippen molar-refractivity contribution in [2.24, 2.45) is 4.99 Å². The third-order valence-corrected chi connectivity index (χ3v) is 5.56. The topological polar surface area (TPSA) is 48.9 Å². The molecule has 144 valence electrons. The van der Waals surface area contributed by atoms with Crippen LogP contribution in [0.25, 0.3) is 0 Å². The average molecular weight is 379 g/mol. The maximum absolute atomic E-state index is 6.51. The lowest BCUT2D eigenvalue weighted by Crippen LogP contribution is -2.44. The summed E-state index contributed by atoms with van der Waals surface area (Å²) in [5, 5.41) is 7.81. The molecule has 2 aliphatic rings. The molecule has 0 bridgehead atoms. The second-order valence-corrected chi connectivity index (χ2v) is 7.44. The van der Waals surface area contributed by atoms with Gasteiger partial charge in [-0.1, -0.05) is 42.6 Å². The molecule has 1 aliphatic carbocycles. The number of aliphatic imine (C=N–C) groups is 1. The number of ether oxygens (including phenoxy) is 1. The summed E-state index contributed by atoms with van der Waals surface area (Å²) in [6, 6.07) is 8.85. The average Bonchev–Trinajstić information content (AvgIpc) is 3.17. The van der Waals surface area contributed by atoms with Crippen LogP contribution in [0, 0.1) is 0 Å². The monoisotopic (exact) mass is 378 g/mol. The first kappa shape index (κ1) is 19.5. The van der Waals surface area contributed by atoms with Crippen LogP contribution in [0.15, 0.2) is 29.3 Å². The summed E-state index contributed by atoms with van der Waals surface area (Å²) in [6.07, 6.45) is 5.10. The van der Waals surface area contributed by atoms with E-state index in [4.69, 9.17) is 21.3 Å². The molecular formula is C20H31ClN4O. The Labute approximate surface area is 162 Å². The van der Waals surface area contributed by atoms with Crippen LogP contribution in [0.4, 0.5) is 0 Å². The second-order valence-electron chi connectivity index (χ2n) is 7.03. The van der Waals surface area contributed by atoms with Gasteiger partial charge in [-0.3, -0.25) is 9.89 Å². The Kier molecular flexibility index (Phi) is 7.59. The van der Waals surface area contributed by atoms with E-state index >= 15 is 0 Å². The second kappa shape index (κ2) is 10.1. The molecular weight excluding hydrogens is 348 g/mol. The molecule has 1 saturated heterocycles. The summed E-state index contributed by atoms with van der Waals surface area (Å²) in [7, 11) is 0. The molecule has 1 saturated carbocycles. The molecule has 1 aliphatic heterocycles. The van der Waals surface area contributed by atoms with Gasteiger partial charge >= 0.3 is 0 Å². The largest absolute Gasteiger partial charge is 0.379 e. The first-order valence-electron chi connectivity index (χ1n) is 9.89. The summed E-state index contributed by atoms with van der Waals surface area (Å²) >= 11 is 6.51. The Hall–Kier alpha value is -1.30. The number of nitrogens with zero attached hydrogens (tertiary/aromatic N) is 2. The van der Waals surface area contributed by atoms with E-state index in [1.807, 2.05) is 12.1 Å². The van der Waals surface area contributed by atoms with Crippen LogP contribution in [-0.2, 0) is 4.74 Å². The number of morpholine rings is 1. The molecule has 2 N–H and O–H groups in total. The summed E-state index contributed by atoms with van der Waals surface area (Å²) in [5.74, 6) is 0.921. The van der Waals surface area contributed by atoms with Gasteiger partial charge in [0.15, 0.2) is 5.96 Å². The van der Waals surface area contributed by atoms with Crippen LogP contribution in [0.5, 0.6) is 0 Å². The Morgan fingerprint density at radius 1 is 1.27 bits per heavy atom. The maximum atomic E-state index is 6.51. The molecule has 0 spiro atoms. The molecule has 0 aromatic heterocycles. The molecule has 1 aromatic carbocycles. The van der Waals surface area contributed by atoms with E-state index in [-0.39, 0.29) is 6.04 Å². The van der Waals surface area contributed by atoms with Crippen molar-refractivity contribution in [3.63, 3.8) is 0 Å². The van der Waals surface area contributed by atoms with E-state index in [0.717, 1.165) is 49.4 Å². The highest BCUT2D eigenvalue weighted by molar-refractivity contribution is 6.31. The van der Waals surface area contributed by atoms with Gasteiger partial charge in [-0.2, -0.15) is 0 Å². The van der Waals surface area contributed by atoms with Gasteiger partial charge in [0, 0.05) is 30.7 Å². The first-order valence-corrected chi connectivity index (χ1v) is 10.3. The van der Waals surface area contributed by atoms with Gasteiger partial charge in [0.1, 0.15) is 0 Å². The lowest BCUT2D eigenvalue weighted by molar-refractivity contribution is 0.0180. The lowest BCUT2D eigenvalue weighted by Gasteiger charge is -2.34. The molecule has 1 aromatic rings. The van der Waals surface area contributed by atoms with Gasteiger partial charge in [0.05, 0.1) is 25.8 Å². The van der Waals surface area contributed by atoms with Crippen LogP contribution in [0.2, 0.25) is 5.02 Å². The number of halogens is 1. The predicted octanol–water partition coefficient (Wildman–Crippen LogP) is 3.21. The van der Waals surface area contributed by atoms with E-state index in [1.54, 1.807) is 0 Å². The molecule has 26 heavy (non-hydrogen) atoms. The van der Waals surface area contributed by atoms with Gasteiger partial charge in [-0.05, 0) is 31.4 Å². The molecule has 3 rings (SSSR count). The standard InChI is InChI=1S/C20H31ClN4O/c1-2-22-20(24-16-7-3-4-8-16)23-15-19(25-11-13-26-14-12-25)17-9-5-6-10-18(17)21/h5-6,9-10,16,19H,2-4,7-8,11-15H2,1H3,(H2,22,23,24). The summed E-state index contributed by atoms with van der Waals surface area (Å²) < 4.78 is 5.53. The van der Waals surface area contributed by atoms with Crippen molar-refractivity contribution in [3.05, 3.63) is 34.9 Å². The van der Waals surface area contributed by atoms with Crippen molar-refractivity contribution in [3.8, 4) is 0 Å². The molecule has 1 atom stereocenters. The van der Waals surface area contributed by atoms with Crippen LogP contribution in [0.3, 0.4) is 0 Å². The minimum absolute atomic E-state index is 0.173. The van der Waals surface area contributed by atoms with Crippen molar-refractivity contribution < 1.29 is 4.74 Å². The van der Waals surface area contributed by atoms with E-state index in [9.17, 15) is 0 Å². The lowest BCUT2D eigenvalue weighted by atomic mass is 10.0. The zero-order chi connectivity index (χ0) is 18.2. The molecule has 0 amide bonds. The van der Waals surface area contributed by atoms with Gasteiger partial charge < -0.3 is 15.4 Å². The third kappa shape index (κ3) is 5.35. The predicted molar refractivity (Wildman–Crippen MR) is 108 cm³/mol. The van der Waals surface area contributed by atoms with Gasteiger partial charge in [-0.25, -0.2) is 0 Å². The SMILES string of the molecule is CCNC(=NCC(c1ccccc1Cl)N1CCOCC1)NC1CCCC1. The van der Waals surface area contributed by atoms with Gasteiger partial charge in [-0.15, -0.1) is 0 Å². The quantitative estimate of drug-likeness (QED) is 0.589. The Morgan fingerprint density at radius 2 is 2.00 bits per heavy atom. The van der Waals surface area contributed by atoms with Crippen LogP contribution < -0.4 is 10.6 Å². The van der Waals surface area contributed by atoms with Gasteiger partial charge in [0.25, 0.3) is 0 Å². The van der Waals surface area contributed by atoms with Crippen LogP contribution >= 0.6 is 11.6 Å². The van der Waals surface area contributed by atoms with Crippen LogP contribution in [-0.4, -0.2) is 56.3 Å². The minimum Gasteiger partial charge on any atom is -0.379 e. The van der Waals surface area contributed by atoms with Crippen molar-refractivity contribution in [1.29, 1.82) is 0 Å². The summed E-state index contributed by atoms with van der Waals surface area (Å²) in [4.78, 5) is 7.36. The number of hydrogen-bond donors (Lipinski definition) is 2. The smallest absolute Gasteiger partial charge is 0.191 e. The fraction of sp³-hybridized carbons (Fsp3) is 0.650. The number of nitrogens with one attached hydrogen (secondary N) is 2. The van der Waals surface area contributed by atoms with E-state index in [2.05, 4.69) is 34.6 Å². The number of benzene rings is 1. The molecule has 1 unspecified atom stereocenters. The Morgan fingerprint density at radius 3 is 2.69 bits per heavy atom. The fourth-order valence-electron chi connectivity index (χ4n) is 3.81. The van der Waals surface area contributed by atoms with Crippen molar-refractivity contribution >= 4 is 17.6 Å². The van der Waals surface area contributed by atoms with E-state index in [1.165, 1.54) is 25.7 Å². The number of guanidine groups is 1. The normalized spacial score (nSPS) is 20.9. The van der Waals surface area contributed by atoms with E-state index < -0.39 is 0 Å². The molecule has 5 nitrogen and oxygen atoms in total. The van der Waals surface area contributed by atoms with Crippen molar-refractivity contribution in [2.75, 3.05) is 39.4 Å². The highest BCUT2D eigenvalue weighted by Gasteiger charge is 2.24. The fourth-order valence-corrected chi connectivity index (χ4v) is 4.07. The van der Waals surface area contributed by atoms with Crippen molar-refractivity contribution in [2.45, 2.75) is 44.7 Å². The molecule has 0 radical (unpaired) electrons. The first-order chi connectivity index (χ1) is 12.8. The maximum Gasteiger partial charge on any atom is 0.191 e. The zero-order valence-electron chi connectivity index (χ0n) is 15.7. The Bertz CT molecular complexity index is 583. The number of rotatable bonds is 6. The molecule has 2 fully saturated rings. The molecule has 1 heterocycles. The zero-order valence-corrected chi connectivity index (χ0v) is 16.5. The Balaban J connectivity index is 1.75. The van der Waals surface area contributed by atoms with Crippen LogP contribution in [0.1, 0.15) is 44.2 Å². The number of hydrogen-bond acceptors (Lipinski definition) is 3.